The molecule has 0 N–H and O–H groups in total. The summed E-state index contributed by atoms with van der Waals surface area (Å²) in [5, 5.41) is 0. The van der Waals surface area contributed by atoms with E-state index in [0.717, 1.165) is 11.1 Å². The maximum Gasteiger partial charge on any atom is 0.326 e. The average Bonchev–Trinajstić information content (AvgIpc) is 2.86. The van der Waals surface area contributed by atoms with Crippen molar-refractivity contribution in [1.29, 1.82) is 0 Å². The van der Waals surface area contributed by atoms with Gasteiger partial charge in [0.05, 0.1) is 17.2 Å². The highest BCUT2D eigenvalue weighted by molar-refractivity contribution is 5.84. The molecule has 0 saturated carbocycles. The Morgan fingerprint density at radius 3 is 2.06 bits per heavy atom. The molecule has 0 fully saturated rings. The van der Waals surface area contributed by atoms with Gasteiger partial charge in [-0.2, -0.15) is 0 Å². The van der Waals surface area contributed by atoms with E-state index in [4.69, 9.17) is 4.74 Å². The average molecular weight is 456 g/mol. The summed E-state index contributed by atoms with van der Waals surface area (Å²) in [5.74, 6) is -0.980. The maximum absolute atomic E-state index is 13.3. The summed E-state index contributed by atoms with van der Waals surface area (Å²) >= 11 is 0. The van der Waals surface area contributed by atoms with E-state index in [0.29, 0.717) is 24.1 Å². The van der Waals surface area contributed by atoms with Crippen molar-refractivity contribution in [3.8, 4) is 0 Å². The van der Waals surface area contributed by atoms with Crippen molar-refractivity contribution in [2.45, 2.75) is 32.7 Å². The van der Waals surface area contributed by atoms with Crippen molar-refractivity contribution < 1.29 is 14.3 Å². The van der Waals surface area contributed by atoms with Crippen molar-refractivity contribution in [3.05, 3.63) is 113 Å². The van der Waals surface area contributed by atoms with Crippen LogP contribution in [0.5, 0.6) is 0 Å². The molecule has 7 heteroatoms. The number of carbonyl (C=O) groups excluding carboxylic acids is 2. The smallest absolute Gasteiger partial charge is 0.326 e. The first-order valence-corrected chi connectivity index (χ1v) is 11.0. The van der Waals surface area contributed by atoms with Gasteiger partial charge in [-0.1, -0.05) is 72.8 Å². The predicted octanol–water partition coefficient (Wildman–Crippen LogP) is 3.56. The van der Waals surface area contributed by atoms with Crippen LogP contribution in [0.4, 0.5) is 0 Å². The molecule has 0 spiro atoms. The second-order valence-corrected chi connectivity index (χ2v) is 7.97. The van der Waals surface area contributed by atoms with E-state index in [-0.39, 0.29) is 12.5 Å². The van der Waals surface area contributed by atoms with Crippen LogP contribution in [0.3, 0.4) is 0 Å². The third kappa shape index (κ3) is 5.56. The van der Waals surface area contributed by atoms with E-state index < -0.39 is 17.6 Å². The molecule has 1 atom stereocenters. The lowest BCUT2D eigenvalue weighted by molar-refractivity contribution is -0.160. The van der Waals surface area contributed by atoms with E-state index >= 15 is 0 Å². The molecule has 0 saturated heterocycles. The van der Waals surface area contributed by atoms with E-state index in [1.807, 2.05) is 60.7 Å². The highest BCUT2D eigenvalue weighted by atomic mass is 16.5. The Morgan fingerprint density at radius 2 is 1.44 bits per heavy atom. The molecule has 4 aromatic rings. The molecule has 7 nitrogen and oxygen atoms in total. The number of esters is 1. The van der Waals surface area contributed by atoms with Gasteiger partial charge in [-0.25, -0.2) is 4.98 Å². The Bertz CT molecular complexity index is 1290. The van der Waals surface area contributed by atoms with Crippen LogP contribution in [0.15, 0.2) is 95.9 Å². The lowest BCUT2D eigenvalue weighted by Crippen LogP contribution is -2.40. The fourth-order valence-electron chi connectivity index (χ4n) is 3.77. The van der Waals surface area contributed by atoms with E-state index in [1.165, 1.54) is 10.8 Å². The van der Waals surface area contributed by atoms with Gasteiger partial charge < -0.3 is 9.64 Å². The van der Waals surface area contributed by atoms with Crippen molar-refractivity contribution >= 4 is 22.9 Å². The van der Waals surface area contributed by atoms with E-state index in [1.54, 1.807) is 36.1 Å². The van der Waals surface area contributed by atoms with Crippen molar-refractivity contribution in [1.82, 2.24) is 14.5 Å². The summed E-state index contributed by atoms with van der Waals surface area (Å²) in [6.07, 6.45) is 0.162. The van der Waals surface area contributed by atoms with E-state index in [9.17, 15) is 14.4 Å². The van der Waals surface area contributed by atoms with Crippen LogP contribution in [0.2, 0.25) is 0 Å². The standard InChI is InChI=1S/C27H25N3O4/c1-20(34-26(32)19-30-24-15-9-8-14-23(24)28-16-25(30)31)27(33)29(17-21-10-4-2-5-11-21)18-22-12-6-3-7-13-22/h2-16,20H,17-19H2,1H3. The van der Waals surface area contributed by atoms with Crippen LogP contribution in [0, 0.1) is 0 Å². The number of hydrogen-bond donors (Lipinski definition) is 0. The monoisotopic (exact) mass is 455 g/mol. The fourth-order valence-corrected chi connectivity index (χ4v) is 3.77. The summed E-state index contributed by atoms with van der Waals surface area (Å²) in [6.45, 7) is 2.00. The van der Waals surface area contributed by atoms with Crippen LogP contribution in [0.1, 0.15) is 18.1 Å². The SMILES string of the molecule is CC(OC(=O)Cn1c(=O)cnc2ccccc21)C(=O)N(Cc1ccccc1)Cc1ccccc1. The lowest BCUT2D eigenvalue weighted by atomic mass is 10.1. The molecule has 172 valence electrons. The first-order chi connectivity index (χ1) is 16.5. The summed E-state index contributed by atoms with van der Waals surface area (Å²) < 4.78 is 6.77. The van der Waals surface area contributed by atoms with Gasteiger partial charge in [0, 0.05) is 13.1 Å². The second-order valence-electron chi connectivity index (χ2n) is 7.97. The molecule has 0 aliphatic rings. The largest absolute Gasteiger partial charge is 0.451 e. The van der Waals surface area contributed by atoms with Gasteiger partial charge >= 0.3 is 5.97 Å². The normalized spacial score (nSPS) is 11.7. The van der Waals surface area contributed by atoms with Crippen molar-refractivity contribution in [2.24, 2.45) is 0 Å². The van der Waals surface area contributed by atoms with Crippen molar-refractivity contribution in [2.75, 3.05) is 0 Å². The maximum atomic E-state index is 13.3. The highest BCUT2D eigenvalue weighted by Gasteiger charge is 2.25. The molecule has 1 amide bonds. The molecule has 3 aromatic carbocycles. The van der Waals surface area contributed by atoms with Gasteiger partial charge in [-0.3, -0.25) is 19.0 Å². The molecule has 1 aromatic heterocycles. The zero-order valence-electron chi connectivity index (χ0n) is 18.8. The van der Waals surface area contributed by atoms with Gasteiger partial charge in [-0.15, -0.1) is 0 Å². The number of hydrogen-bond acceptors (Lipinski definition) is 5. The molecular weight excluding hydrogens is 430 g/mol. The van der Waals surface area contributed by atoms with Gasteiger partial charge in [0.2, 0.25) is 0 Å². The Hall–Kier alpha value is -4.26. The third-order valence-electron chi connectivity index (χ3n) is 5.44. The molecular formula is C27H25N3O4. The van der Waals surface area contributed by atoms with Gasteiger partial charge in [0.15, 0.2) is 6.10 Å². The predicted molar refractivity (Wildman–Crippen MR) is 129 cm³/mol. The van der Waals surface area contributed by atoms with Crippen LogP contribution in [-0.4, -0.2) is 32.4 Å². The molecule has 0 radical (unpaired) electrons. The minimum absolute atomic E-state index is 0.309. The van der Waals surface area contributed by atoms with E-state index in [2.05, 4.69) is 4.98 Å². The second kappa shape index (κ2) is 10.6. The number of nitrogens with zero attached hydrogens (tertiary/aromatic N) is 3. The number of benzene rings is 3. The summed E-state index contributed by atoms with van der Waals surface area (Å²) in [6, 6.07) is 26.3. The molecule has 34 heavy (non-hydrogen) atoms. The first kappa shape index (κ1) is 22.9. The third-order valence-corrected chi connectivity index (χ3v) is 5.44. The molecule has 1 unspecified atom stereocenters. The Morgan fingerprint density at radius 1 is 0.882 bits per heavy atom. The fraction of sp³-hybridized carbons (Fsp3) is 0.185. The molecule has 0 bridgehead atoms. The number of aromatic nitrogens is 2. The summed E-state index contributed by atoms with van der Waals surface area (Å²) in [7, 11) is 0. The van der Waals surface area contributed by atoms with Crippen LogP contribution in [0.25, 0.3) is 11.0 Å². The Kier molecular flexibility index (Phi) is 7.13. The lowest BCUT2D eigenvalue weighted by Gasteiger charge is -2.26. The van der Waals surface area contributed by atoms with Crippen LogP contribution >= 0.6 is 0 Å². The van der Waals surface area contributed by atoms with Gasteiger partial charge in [0.1, 0.15) is 6.54 Å². The quantitative estimate of drug-likeness (QED) is 0.380. The van der Waals surface area contributed by atoms with Gasteiger partial charge in [0.25, 0.3) is 11.5 Å². The topological polar surface area (TPSA) is 81.5 Å². The van der Waals surface area contributed by atoms with Crippen molar-refractivity contribution in [3.63, 3.8) is 0 Å². The Labute approximate surface area is 197 Å². The zero-order valence-corrected chi connectivity index (χ0v) is 18.8. The van der Waals surface area contributed by atoms with Crippen LogP contribution < -0.4 is 5.56 Å². The number of amides is 1. The molecule has 1 heterocycles. The number of rotatable bonds is 8. The first-order valence-electron chi connectivity index (χ1n) is 11.0. The zero-order chi connectivity index (χ0) is 23.9. The molecule has 0 aliphatic heterocycles. The molecule has 0 aliphatic carbocycles. The highest BCUT2D eigenvalue weighted by Crippen LogP contribution is 2.14. The Balaban J connectivity index is 1.49. The minimum Gasteiger partial charge on any atom is -0.451 e. The number of carbonyl (C=O) groups is 2. The molecule has 4 rings (SSSR count). The van der Waals surface area contributed by atoms with Gasteiger partial charge in [-0.05, 0) is 30.2 Å². The van der Waals surface area contributed by atoms with Crippen LogP contribution in [-0.2, 0) is 34.0 Å². The summed E-state index contributed by atoms with van der Waals surface area (Å²) in [5.41, 5.74) is 2.65. The number of para-hydroxylation sites is 2. The minimum atomic E-state index is -1.01. The summed E-state index contributed by atoms with van der Waals surface area (Å²) in [4.78, 5) is 44.1. The number of ether oxygens (including phenoxy) is 1. The number of fused-ring (bicyclic) bond motifs is 1.